The molecular weight excluding hydrogens is 735 g/mol. The third kappa shape index (κ3) is 15.6. The third-order valence-corrected chi connectivity index (χ3v) is 9.70. The van der Waals surface area contributed by atoms with Crippen molar-refractivity contribution in [1.82, 2.24) is 25.0 Å². The van der Waals surface area contributed by atoms with Gasteiger partial charge < -0.3 is 26.6 Å². The smallest absolute Gasteiger partial charge is 0.308 e. The molecule has 0 aliphatic carbocycles. The zero-order valence-electron chi connectivity index (χ0n) is 32.2. The zero-order valence-corrected chi connectivity index (χ0v) is 33.7. The highest BCUT2D eigenvalue weighted by Crippen LogP contribution is 2.39. The highest BCUT2D eigenvalue weighted by atomic mass is 35.5. The van der Waals surface area contributed by atoms with Crippen molar-refractivity contribution >= 4 is 28.5 Å². The number of aryl methyl sites for hydroxylation is 4. The Labute approximate surface area is 337 Å². The van der Waals surface area contributed by atoms with Crippen LogP contribution in [0.25, 0.3) is 22.2 Å². The van der Waals surface area contributed by atoms with Crippen LogP contribution in [-0.4, -0.2) is 57.4 Å². The lowest BCUT2D eigenvalue weighted by molar-refractivity contribution is -0.697. The molecule has 12 heteroatoms. The Hall–Kier alpha value is -3.96. The summed E-state index contributed by atoms with van der Waals surface area (Å²) in [7, 11) is 0. The largest absolute Gasteiger partial charge is 1.00 e. The second-order valence-electron chi connectivity index (χ2n) is 13.9. The summed E-state index contributed by atoms with van der Waals surface area (Å²) in [6.07, 6.45) is 27.5. The van der Waals surface area contributed by atoms with Crippen LogP contribution in [0.1, 0.15) is 95.1 Å². The van der Waals surface area contributed by atoms with Crippen molar-refractivity contribution in [2.45, 2.75) is 110 Å². The molecule has 0 aliphatic rings. The van der Waals surface area contributed by atoms with Crippen molar-refractivity contribution in [3.63, 3.8) is 0 Å². The van der Waals surface area contributed by atoms with Gasteiger partial charge in [0, 0.05) is 81.9 Å². The fourth-order valence-electron chi connectivity index (χ4n) is 6.55. The van der Waals surface area contributed by atoms with E-state index in [1.54, 1.807) is 18.3 Å². The van der Waals surface area contributed by atoms with Gasteiger partial charge in [-0.05, 0) is 87.3 Å². The Kier molecular flexibility index (Phi) is 20.1. The topological polar surface area (TPSA) is 105 Å². The minimum Gasteiger partial charge on any atom is -1.00 e. The van der Waals surface area contributed by atoms with Crippen LogP contribution in [0.15, 0.2) is 79.6 Å². The summed E-state index contributed by atoms with van der Waals surface area (Å²) in [6.45, 7) is 6.53. The average Bonchev–Trinajstić information content (AvgIpc) is 3.66. The molecule has 5 rings (SSSR count). The second-order valence-corrected chi connectivity index (χ2v) is 14.3. The standard InChI is InChI=1S/C43H56ClN6O4.ClH/c1-35(51)54-43-39(31-40(44)38-21-13-23-46-42(38)43)41-34-50(48-47-41)26-9-4-2-3-6-10-27-53-30-16-20-37-18-14-25-49(33-37)24-8-5-7-11-28-52-29-15-19-36-17-12-22-45-32-36;/h12-14,17-18,21-23,25,31-34H,2-11,15-16,19-20,24,26-30H2,1H3;1H/q+1;/p-1. The number of ether oxygens (including phenoxy) is 3. The maximum atomic E-state index is 11.9. The van der Waals surface area contributed by atoms with Gasteiger partial charge >= 0.3 is 5.97 Å². The normalized spacial score (nSPS) is 11.2. The van der Waals surface area contributed by atoms with Crippen molar-refractivity contribution in [3.05, 3.63) is 95.8 Å². The zero-order chi connectivity index (χ0) is 37.6. The Morgan fingerprint density at radius 2 is 1.47 bits per heavy atom. The quantitative estimate of drug-likeness (QED) is 0.0293. The Balaban J connectivity index is 0.00000673. The Morgan fingerprint density at radius 1 is 0.800 bits per heavy atom. The minimum absolute atomic E-state index is 0. The average molecular weight is 792 g/mol. The first kappa shape index (κ1) is 43.8. The number of fused-ring (bicyclic) bond motifs is 1. The van der Waals surface area contributed by atoms with Gasteiger partial charge in [0.1, 0.15) is 17.8 Å². The predicted molar refractivity (Wildman–Crippen MR) is 212 cm³/mol. The highest BCUT2D eigenvalue weighted by Gasteiger charge is 2.19. The number of carbonyl (C=O) groups is 1. The van der Waals surface area contributed by atoms with E-state index in [1.807, 2.05) is 35.4 Å². The monoisotopic (exact) mass is 790 g/mol. The number of esters is 1. The maximum Gasteiger partial charge on any atom is 0.308 e. The number of benzene rings is 1. The van der Waals surface area contributed by atoms with E-state index >= 15 is 0 Å². The molecule has 55 heavy (non-hydrogen) atoms. The Bertz CT molecular complexity index is 1840. The molecule has 0 fully saturated rings. The van der Waals surface area contributed by atoms with E-state index in [4.69, 9.17) is 25.8 Å². The van der Waals surface area contributed by atoms with E-state index in [-0.39, 0.29) is 12.4 Å². The van der Waals surface area contributed by atoms with Crippen LogP contribution in [0.2, 0.25) is 5.02 Å². The van der Waals surface area contributed by atoms with Crippen molar-refractivity contribution in [1.29, 1.82) is 0 Å². The molecule has 0 spiro atoms. The van der Waals surface area contributed by atoms with E-state index < -0.39 is 5.97 Å². The number of pyridine rings is 3. The number of halogens is 2. The van der Waals surface area contributed by atoms with Gasteiger partial charge in [-0.3, -0.25) is 19.4 Å². The molecule has 0 saturated carbocycles. The van der Waals surface area contributed by atoms with Gasteiger partial charge in [0.15, 0.2) is 18.1 Å². The number of hydrogen-bond acceptors (Lipinski definition) is 8. The lowest BCUT2D eigenvalue weighted by Gasteiger charge is -2.11. The van der Waals surface area contributed by atoms with Crippen molar-refractivity contribution in [3.8, 4) is 17.0 Å². The van der Waals surface area contributed by atoms with Crippen LogP contribution in [0, 0.1) is 0 Å². The molecule has 0 bridgehead atoms. The van der Waals surface area contributed by atoms with Crippen LogP contribution in [-0.2, 0) is 40.2 Å². The number of hydrogen-bond donors (Lipinski definition) is 0. The summed E-state index contributed by atoms with van der Waals surface area (Å²) in [6, 6.07) is 13.9. The predicted octanol–water partition coefficient (Wildman–Crippen LogP) is 5.96. The minimum atomic E-state index is -0.430. The van der Waals surface area contributed by atoms with Crippen LogP contribution < -0.4 is 21.7 Å². The number of unbranched alkanes of at least 4 members (excludes halogenated alkanes) is 8. The third-order valence-electron chi connectivity index (χ3n) is 9.39. The molecular formula is C43H56Cl2N6O4. The van der Waals surface area contributed by atoms with E-state index in [0.717, 1.165) is 90.9 Å². The molecule has 296 valence electrons. The first-order chi connectivity index (χ1) is 26.6. The van der Waals surface area contributed by atoms with Gasteiger partial charge in [0.2, 0.25) is 0 Å². The molecule has 10 nitrogen and oxygen atoms in total. The fraction of sp³-hybridized carbons (Fsp3) is 0.488. The van der Waals surface area contributed by atoms with Crippen molar-refractivity contribution in [2.75, 3.05) is 26.4 Å². The summed E-state index contributed by atoms with van der Waals surface area (Å²) < 4.78 is 21.5. The molecule has 0 radical (unpaired) electrons. The Morgan fingerprint density at radius 3 is 2.22 bits per heavy atom. The summed E-state index contributed by atoms with van der Waals surface area (Å²) in [5.41, 5.74) is 4.38. The SMILES string of the molecule is CC(=O)Oc1c(-c2cn(CCCCCCCCOCCCc3ccc[n+](CCCCCCOCCCc4cccnc4)c3)nn2)cc(Cl)c2cccnc12.[Cl-]. The van der Waals surface area contributed by atoms with Gasteiger partial charge in [-0.2, -0.15) is 0 Å². The van der Waals surface area contributed by atoms with Crippen LogP contribution >= 0.6 is 11.6 Å². The number of aromatic nitrogens is 6. The highest BCUT2D eigenvalue weighted by molar-refractivity contribution is 6.36. The molecule has 0 amide bonds. The lowest BCUT2D eigenvalue weighted by Crippen LogP contribution is -3.00. The van der Waals surface area contributed by atoms with Gasteiger partial charge in [-0.15, -0.1) is 5.10 Å². The first-order valence-corrected chi connectivity index (χ1v) is 20.1. The van der Waals surface area contributed by atoms with Crippen LogP contribution in [0.3, 0.4) is 0 Å². The molecule has 4 heterocycles. The second kappa shape index (κ2) is 25.2. The number of rotatable bonds is 26. The van der Waals surface area contributed by atoms with Gasteiger partial charge in [-0.1, -0.05) is 55.0 Å². The number of nitrogens with zero attached hydrogens (tertiary/aromatic N) is 6. The molecule has 0 unspecified atom stereocenters. The van der Waals surface area contributed by atoms with E-state index in [1.165, 1.54) is 56.6 Å². The van der Waals surface area contributed by atoms with Gasteiger partial charge in [0.25, 0.3) is 0 Å². The van der Waals surface area contributed by atoms with Gasteiger partial charge in [0.05, 0.1) is 16.8 Å². The van der Waals surface area contributed by atoms with Crippen molar-refractivity contribution < 1.29 is 36.0 Å². The summed E-state index contributed by atoms with van der Waals surface area (Å²) in [4.78, 5) is 20.4. The molecule has 0 atom stereocenters. The number of carbonyl (C=O) groups excluding carboxylic acids is 1. The molecule has 0 aliphatic heterocycles. The van der Waals surface area contributed by atoms with Gasteiger partial charge in [-0.25, -0.2) is 4.57 Å². The molecule has 4 aromatic heterocycles. The fourth-order valence-corrected chi connectivity index (χ4v) is 6.81. The maximum absolute atomic E-state index is 11.9. The van der Waals surface area contributed by atoms with Crippen molar-refractivity contribution in [2.24, 2.45) is 0 Å². The van der Waals surface area contributed by atoms with Crippen LogP contribution in [0.5, 0.6) is 5.75 Å². The molecule has 5 aromatic rings. The molecule has 1 aromatic carbocycles. The van der Waals surface area contributed by atoms with E-state index in [9.17, 15) is 4.79 Å². The van der Waals surface area contributed by atoms with E-state index in [2.05, 4.69) is 55.4 Å². The lowest BCUT2D eigenvalue weighted by atomic mass is 10.1. The molecule has 0 saturated heterocycles. The molecule has 0 N–H and O–H groups in total. The first-order valence-electron chi connectivity index (χ1n) is 19.8. The van der Waals surface area contributed by atoms with E-state index in [0.29, 0.717) is 32.9 Å². The summed E-state index contributed by atoms with van der Waals surface area (Å²) >= 11 is 6.54. The van der Waals surface area contributed by atoms with Crippen LogP contribution in [0.4, 0.5) is 0 Å². The summed E-state index contributed by atoms with van der Waals surface area (Å²) in [5, 5.41) is 9.88. The summed E-state index contributed by atoms with van der Waals surface area (Å²) in [5.74, 6) is -0.0815.